The van der Waals surface area contributed by atoms with E-state index < -0.39 is 0 Å². The van der Waals surface area contributed by atoms with Crippen LogP contribution < -0.4 is 20.5 Å². The first kappa shape index (κ1) is 16.1. The zero-order valence-corrected chi connectivity index (χ0v) is 11.9. The summed E-state index contributed by atoms with van der Waals surface area (Å²) in [4.78, 5) is 11.5. The van der Waals surface area contributed by atoms with E-state index in [0.29, 0.717) is 23.1 Å². The van der Waals surface area contributed by atoms with Crippen molar-refractivity contribution in [1.82, 2.24) is 5.32 Å². The zero-order valence-electron chi connectivity index (χ0n) is 11.1. The third kappa shape index (κ3) is 4.61. The number of rotatable bonds is 7. The lowest BCUT2D eigenvalue weighted by Crippen LogP contribution is -2.29. The van der Waals surface area contributed by atoms with Crippen LogP contribution in [0.15, 0.2) is 12.1 Å². The van der Waals surface area contributed by atoms with Crippen molar-refractivity contribution in [3.05, 3.63) is 22.7 Å². The van der Waals surface area contributed by atoms with E-state index in [1.165, 1.54) is 7.11 Å². The predicted molar refractivity (Wildman–Crippen MR) is 74.6 cm³/mol. The normalized spacial score (nSPS) is 9.70. The minimum absolute atomic E-state index is 0.205. The van der Waals surface area contributed by atoms with Crippen LogP contribution in [0.5, 0.6) is 11.5 Å². The highest BCUT2D eigenvalue weighted by molar-refractivity contribution is 6.32. The van der Waals surface area contributed by atoms with Gasteiger partial charge in [0.25, 0.3) is 5.91 Å². The van der Waals surface area contributed by atoms with Gasteiger partial charge in [0, 0.05) is 13.1 Å². The Morgan fingerprint density at radius 1 is 1.55 bits per heavy atom. The Kier molecular flexibility index (Phi) is 6.64. The Hall–Kier alpha value is -1.97. The molecule has 0 saturated carbocycles. The molecule has 1 aromatic carbocycles. The number of halogens is 1. The topological polar surface area (TPSA) is 97.4 Å². The third-order valence-electron chi connectivity index (χ3n) is 2.43. The summed E-state index contributed by atoms with van der Waals surface area (Å²) in [6.45, 7) is 0.407. The van der Waals surface area contributed by atoms with Gasteiger partial charge in [0.05, 0.1) is 24.6 Å². The van der Waals surface area contributed by atoms with Gasteiger partial charge in [-0.25, -0.2) is 0 Å². The van der Waals surface area contributed by atoms with Gasteiger partial charge in [-0.15, -0.1) is 0 Å². The zero-order chi connectivity index (χ0) is 15.0. The number of nitrogens with one attached hydrogen (secondary N) is 1. The Labute approximate surface area is 122 Å². The number of benzene rings is 1. The molecule has 1 amide bonds. The van der Waals surface area contributed by atoms with Crippen LogP contribution in [-0.2, 0) is 11.3 Å². The molecule has 0 atom stereocenters. The predicted octanol–water partition coefficient (Wildman–Crippen LogP) is 1.22. The van der Waals surface area contributed by atoms with Crippen LogP contribution in [0.4, 0.5) is 0 Å². The minimum atomic E-state index is -0.332. The lowest BCUT2D eigenvalue weighted by Gasteiger charge is -2.13. The average molecular weight is 298 g/mol. The number of hydrogen-bond donors (Lipinski definition) is 2. The molecule has 3 N–H and O–H groups in total. The lowest BCUT2D eigenvalue weighted by atomic mass is 10.2. The van der Waals surface area contributed by atoms with Crippen molar-refractivity contribution < 1.29 is 14.3 Å². The van der Waals surface area contributed by atoms with Crippen molar-refractivity contribution >= 4 is 17.5 Å². The van der Waals surface area contributed by atoms with Gasteiger partial charge in [-0.2, -0.15) is 5.26 Å². The maximum Gasteiger partial charge on any atom is 0.257 e. The summed E-state index contributed by atoms with van der Waals surface area (Å²) in [6.07, 6.45) is 0.251. The van der Waals surface area contributed by atoms with Gasteiger partial charge < -0.3 is 20.5 Å². The highest BCUT2D eigenvalue weighted by Crippen LogP contribution is 2.36. The molecule has 0 radical (unpaired) electrons. The van der Waals surface area contributed by atoms with E-state index in [-0.39, 0.29) is 25.5 Å². The van der Waals surface area contributed by atoms with Gasteiger partial charge in [-0.1, -0.05) is 11.6 Å². The second-order valence-electron chi connectivity index (χ2n) is 3.86. The van der Waals surface area contributed by atoms with E-state index in [2.05, 4.69) is 5.32 Å². The molecule has 0 bridgehead atoms. The molecule has 0 aromatic heterocycles. The standard InChI is InChI=1S/C13H16ClN3O3/c1-19-11-6-9(7-16)5-10(14)13(11)20-8-12(18)17-4-2-3-15/h5-6H,2,4,7-8,16H2,1H3,(H,17,18). The minimum Gasteiger partial charge on any atom is -0.493 e. The van der Waals surface area contributed by atoms with Gasteiger partial charge >= 0.3 is 0 Å². The average Bonchev–Trinajstić information content (AvgIpc) is 2.45. The summed E-state index contributed by atoms with van der Waals surface area (Å²) >= 11 is 6.07. The van der Waals surface area contributed by atoms with Gasteiger partial charge in [0.2, 0.25) is 0 Å². The Balaban J connectivity index is 2.68. The van der Waals surface area contributed by atoms with E-state index >= 15 is 0 Å². The molecule has 6 nitrogen and oxygen atoms in total. The van der Waals surface area contributed by atoms with Gasteiger partial charge in [-0.3, -0.25) is 4.79 Å². The van der Waals surface area contributed by atoms with E-state index in [4.69, 9.17) is 32.1 Å². The van der Waals surface area contributed by atoms with E-state index in [1.54, 1.807) is 12.1 Å². The summed E-state index contributed by atoms with van der Waals surface area (Å²) in [5, 5.41) is 11.2. The first-order chi connectivity index (χ1) is 9.62. The van der Waals surface area contributed by atoms with Crippen LogP contribution in [0.2, 0.25) is 5.02 Å². The van der Waals surface area contributed by atoms with E-state index in [1.807, 2.05) is 6.07 Å². The van der Waals surface area contributed by atoms with Gasteiger partial charge in [-0.05, 0) is 17.7 Å². The number of amides is 1. The third-order valence-corrected chi connectivity index (χ3v) is 2.71. The fourth-order valence-electron chi connectivity index (χ4n) is 1.48. The number of nitrogens with zero attached hydrogens (tertiary/aromatic N) is 1. The summed E-state index contributed by atoms with van der Waals surface area (Å²) in [5.41, 5.74) is 6.34. The molecule has 1 aromatic rings. The van der Waals surface area contributed by atoms with Gasteiger partial charge in [0.15, 0.2) is 18.1 Å². The summed E-state index contributed by atoms with van der Waals surface area (Å²) in [7, 11) is 1.48. The number of nitrogens with two attached hydrogens (primary N) is 1. The quantitative estimate of drug-likeness (QED) is 0.737. The Morgan fingerprint density at radius 2 is 2.30 bits per heavy atom. The van der Waals surface area contributed by atoms with Crippen molar-refractivity contribution in [3.63, 3.8) is 0 Å². The molecular formula is C13H16ClN3O3. The van der Waals surface area contributed by atoms with E-state index in [0.717, 1.165) is 5.56 Å². The maximum atomic E-state index is 11.5. The van der Waals surface area contributed by atoms with Crippen LogP contribution in [0.3, 0.4) is 0 Å². The fraction of sp³-hybridized carbons (Fsp3) is 0.385. The smallest absolute Gasteiger partial charge is 0.257 e. The summed E-state index contributed by atoms with van der Waals surface area (Å²) in [6, 6.07) is 5.29. The molecule has 0 saturated heterocycles. The fourth-order valence-corrected chi connectivity index (χ4v) is 1.77. The molecule has 0 unspecified atom stereocenters. The molecule has 1 rings (SSSR count). The van der Waals surface area contributed by atoms with Crippen LogP contribution in [0.1, 0.15) is 12.0 Å². The van der Waals surface area contributed by atoms with E-state index in [9.17, 15) is 4.79 Å². The van der Waals surface area contributed by atoms with Crippen LogP contribution in [0.25, 0.3) is 0 Å². The highest BCUT2D eigenvalue weighted by atomic mass is 35.5. The number of ether oxygens (including phenoxy) is 2. The first-order valence-corrected chi connectivity index (χ1v) is 6.33. The molecule has 20 heavy (non-hydrogen) atoms. The number of carbonyl (C=O) groups is 1. The number of methoxy groups -OCH3 is 1. The van der Waals surface area contributed by atoms with Crippen molar-refractivity contribution in [1.29, 1.82) is 5.26 Å². The number of hydrogen-bond acceptors (Lipinski definition) is 5. The maximum absolute atomic E-state index is 11.5. The van der Waals surface area contributed by atoms with Gasteiger partial charge in [0.1, 0.15) is 0 Å². The Morgan fingerprint density at radius 3 is 2.90 bits per heavy atom. The van der Waals surface area contributed by atoms with Crippen molar-refractivity contribution in [2.24, 2.45) is 5.73 Å². The molecule has 0 aliphatic heterocycles. The van der Waals surface area contributed by atoms with Crippen molar-refractivity contribution in [2.75, 3.05) is 20.3 Å². The molecule has 0 spiro atoms. The second kappa shape index (κ2) is 8.25. The monoisotopic (exact) mass is 297 g/mol. The van der Waals surface area contributed by atoms with Crippen molar-refractivity contribution in [2.45, 2.75) is 13.0 Å². The summed E-state index contributed by atoms with van der Waals surface area (Å²) in [5.74, 6) is 0.380. The van der Waals surface area contributed by atoms with Crippen LogP contribution >= 0.6 is 11.6 Å². The molecule has 0 fully saturated rings. The SMILES string of the molecule is COc1cc(CN)cc(Cl)c1OCC(=O)NCCC#N. The number of carbonyl (C=O) groups excluding carboxylic acids is 1. The van der Waals surface area contributed by atoms with Crippen LogP contribution in [0, 0.1) is 11.3 Å². The Bertz CT molecular complexity index is 514. The number of nitriles is 1. The lowest BCUT2D eigenvalue weighted by molar-refractivity contribution is -0.123. The largest absolute Gasteiger partial charge is 0.493 e. The highest BCUT2D eigenvalue weighted by Gasteiger charge is 2.13. The molecule has 108 valence electrons. The molecule has 0 aliphatic rings. The van der Waals surface area contributed by atoms with Crippen molar-refractivity contribution in [3.8, 4) is 17.6 Å². The molecular weight excluding hydrogens is 282 g/mol. The molecule has 7 heteroatoms. The molecule has 0 aliphatic carbocycles. The van der Waals surface area contributed by atoms with Crippen LogP contribution in [-0.4, -0.2) is 26.2 Å². The first-order valence-electron chi connectivity index (χ1n) is 5.95. The molecule has 0 heterocycles. The summed E-state index contributed by atoms with van der Waals surface area (Å²) < 4.78 is 10.5. The second-order valence-corrected chi connectivity index (χ2v) is 4.27.